The molecule has 5 nitrogen and oxygen atoms in total. The lowest BCUT2D eigenvalue weighted by molar-refractivity contribution is 0.0949. The highest BCUT2D eigenvalue weighted by Crippen LogP contribution is 2.12. The smallest absolute Gasteiger partial charge is 0.269 e. The standard InChI is InChI=1S/C23H24FN3O2/c1-29-20-8-6-17(7-9-20)10-13-27-23(28)22-16-19(12-15-26-22)25-14-11-18-4-2-3-5-21(18)24/h2-9,12,15-16H,10-11,13-14H2,1H3,(H,25,26)(H,27,28). The molecular weight excluding hydrogens is 369 g/mol. The van der Waals surface area contributed by atoms with Gasteiger partial charge in [0.1, 0.15) is 17.3 Å². The van der Waals surface area contributed by atoms with E-state index in [1.165, 1.54) is 6.07 Å². The Morgan fingerprint density at radius 3 is 2.59 bits per heavy atom. The number of ether oxygens (including phenoxy) is 1. The van der Waals surface area contributed by atoms with Gasteiger partial charge in [0.15, 0.2) is 0 Å². The lowest BCUT2D eigenvalue weighted by Crippen LogP contribution is -2.26. The summed E-state index contributed by atoms with van der Waals surface area (Å²) in [6.45, 7) is 1.07. The normalized spacial score (nSPS) is 10.4. The van der Waals surface area contributed by atoms with Crippen LogP contribution in [0.25, 0.3) is 0 Å². The number of benzene rings is 2. The van der Waals surface area contributed by atoms with Gasteiger partial charge in [-0.25, -0.2) is 4.39 Å². The Labute approximate surface area is 169 Å². The van der Waals surface area contributed by atoms with Crippen molar-refractivity contribution in [1.29, 1.82) is 0 Å². The van der Waals surface area contributed by atoms with E-state index in [1.807, 2.05) is 30.3 Å². The molecule has 0 spiro atoms. The van der Waals surface area contributed by atoms with Crippen LogP contribution in [0.15, 0.2) is 66.9 Å². The first-order chi connectivity index (χ1) is 14.2. The van der Waals surface area contributed by atoms with Crippen molar-refractivity contribution in [2.24, 2.45) is 0 Å². The van der Waals surface area contributed by atoms with Crippen molar-refractivity contribution in [3.63, 3.8) is 0 Å². The van der Waals surface area contributed by atoms with Crippen molar-refractivity contribution in [1.82, 2.24) is 10.3 Å². The average molecular weight is 393 g/mol. The highest BCUT2D eigenvalue weighted by molar-refractivity contribution is 5.93. The van der Waals surface area contributed by atoms with Gasteiger partial charge in [-0.2, -0.15) is 0 Å². The fraction of sp³-hybridized carbons (Fsp3) is 0.217. The lowest BCUT2D eigenvalue weighted by Gasteiger charge is -2.09. The van der Waals surface area contributed by atoms with Gasteiger partial charge in [0.25, 0.3) is 5.91 Å². The molecule has 0 radical (unpaired) electrons. The Bertz CT molecular complexity index is 945. The third-order valence-electron chi connectivity index (χ3n) is 4.53. The number of carbonyl (C=O) groups excluding carboxylic acids is 1. The van der Waals surface area contributed by atoms with Crippen LogP contribution in [0.2, 0.25) is 0 Å². The second-order valence-corrected chi connectivity index (χ2v) is 6.55. The SMILES string of the molecule is COc1ccc(CCNC(=O)c2cc(NCCc3ccccc3F)ccn2)cc1. The summed E-state index contributed by atoms with van der Waals surface area (Å²) in [6, 6.07) is 18.0. The molecule has 1 aromatic heterocycles. The van der Waals surface area contributed by atoms with Crippen LogP contribution in [0.3, 0.4) is 0 Å². The van der Waals surface area contributed by atoms with Crippen LogP contribution in [-0.4, -0.2) is 31.1 Å². The molecule has 0 saturated heterocycles. The summed E-state index contributed by atoms with van der Waals surface area (Å²) < 4.78 is 18.8. The van der Waals surface area contributed by atoms with E-state index < -0.39 is 0 Å². The van der Waals surface area contributed by atoms with Crippen molar-refractivity contribution in [3.05, 3.63) is 89.5 Å². The Hall–Kier alpha value is -3.41. The average Bonchev–Trinajstić information content (AvgIpc) is 2.76. The Morgan fingerprint density at radius 2 is 1.83 bits per heavy atom. The summed E-state index contributed by atoms with van der Waals surface area (Å²) in [6.07, 6.45) is 2.86. The molecule has 3 aromatic rings. The molecule has 0 bridgehead atoms. The number of amides is 1. The highest BCUT2D eigenvalue weighted by Gasteiger charge is 2.08. The molecule has 0 aliphatic carbocycles. The van der Waals surface area contributed by atoms with Gasteiger partial charge >= 0.3 is 0 Å². The second kappa shape index (κ2) is 10.2. The van der Waals surface area contributed by atoms with E-state index in [0.717, 1.165) is 23.4 Å². The molecule has 0 fully saturated rings. The molecule has 2 N–H and O–H groups in total. The quantitative estimate of drug-likeness (QED) is 0.580. The van der Waals surface area contributed by atoms with E-state index in [4.69, 9.17) is 4.74 Å². The zero-order valence-electron chi connectivity index (χ0n) is 16.3. The molecule has 0 unspecified atom stereocenters. The maximum Gasteiger partial charge on any atom is 0.269 e. The number of nitrogens with zero attached hydrogens (tertiary/aromatic N) is 1. The molecule has 2 aromatic carbocycles. The molecule has 3 rings (SSSR count). The first-order valence-corrected chi connectivity index (χ1v) is 9.50. The van der Waals surface area contributed by atoms with Crippen LogP contribution >= 0.6 is 0 Å². The number of anilines is 1. The van der Waals surface area contributed by atoms with Gasteiger partial charge in [-0.3, -0.25) is 9.78 Å². The van der Waals surface area contributed by atoms with Gasteiger partial charge in [-0.1, -0.05) is 30.3 Å². The summed E-state index contributed by atoms with van der Waals surface area (Å²) in [5.41, 5.74) is 2.89. The number of nitrogens with one attached hydrogen (secondary N) is 2. The van der Waals surface area contributed by atoms with Crippen LogP contribution in [0.1, 0.15) is 21.6 Å². The Morgan fingerprint density at radius 1 is 1.03 bits per heavy atom. The predicted molar refractivity (Wildman–Crippen MR) is 112 cm³/mol. The Kier molecular flexibility index (Phi) is 7.16. The number of rotatable bonds is 9. The Balaban J connectivity index is 1.47. The predicted octanol–water partition coefficient (Wildman–Crippen LogP) is 3.86. The van der Waals surface area contributed by atoms with E-state index >= 15 is 0 Å². The highest BCUT2D eigenvalue weighted by atomic mass is 19.1. The monoisotopic (exact) mass is 393 g/mol. The minimum Gasteiger partial charge on any atom is -0.497 e. The number of halogens is 1. The molecule has 150 valence electrons. The molecular formula is C23H24FN3O2. The summed E-state index contributed by atoms with van der Waals surface area (Å²) in [7, 11) is 1.63. The van der Waals surface area contributed by atoms with Crippen molar-refractivity contribution >= 4 is 11.6 Å². The summed E-state index contributed by atoms with van der Waals surface area (Å²) in [5, 5.41) is 6.09. The van der Waals surface area contributed by atoms with E-state index in [2.05, 4.69) is 15.6 Å². The minimum atomic E-state index is -0.226. The summed E-state index contributed by atoms with van der Waals surface area (Å²) in [4.78, 5) is 16.5. The molecule has 0 atom stereocenters. The molecule has 1 amide bonds. The van der Waals surface area contributed by atoms with Crippen molar-refractivity contribution in [3.8, 4) is 5.75 Å². The van der Waals surface area contributed by atoms with Gasteiger partial charge < -0.3 is 15.4 Å². The largest absolute Gasteiger partial charge is 0.497 e. The number of hydrogen-bond acceptors (Lipinski definition) is 4. The van der Waals surface area contributed by atoms with Gasteiger partial charge in [-0.15, -0.1) is 0 Å². The molecule has 1 heterocycles. The van der Waals surface area contributed by atoms with Crippen molar-refractivity contribution < 1.29 is 13.9 Å². The van der Waals surface area contributed by atoms with Crippen molar-refractivity contribution in [2.75, 3.05) is 25.5 Å². The third-order valence-corrected chi connectivity index (χ3v) is 4.53. The van der Waals surface area contributed by atoms with Crippen LogP contribution in [-0.2, 0) is 12.8 Å². The first kappa shape index (κ1) is 20.3. The molecule has 0 saturated carbocycles. The fourth-order valence-electron chi connectivity index (χ4n) is 2.91. The first-order valence-electron chi connectivity index (χ1n) is 9.50. The van der Waals surface area contributed by atoms with Crippen LogP contribution < -0.4 is 15.4 Å². The molecule has 29 heavy (non-hydrogen) atoms. The maximum absolute atomic E-state index is 13.7. The maximum atomic E-state index is 13.7. The van der Waals surface area contributed by atoms with Crippen LogP contribution in [0.5, 0.6) is 5.75 Å². The third kappa shape index (κ3) is 6.04. The summed E-state index contributed by atoms with van der Waals surface area (Å²) >= 11 is 0. The number of aromatic nitrogens is 1. The lowest BCUT2D eigenvalue weighted by atomic mass is 10.1. The van der Waals surface area contributed by atoms with E-state index in [-0.39, 0.29) is 11.7 Å². The van der Waals surface area contributed by atoms with Gasteiger partial charge in [0.05, 0.1) is 7.11 Å². The van der Waals surface area contributed by atoms with Crippen LogP contribution in [0.4, 0.5) is 10.1 Å². The van der Waals surface area contributed by atoms with E-state index in [1.54, 1.807) is 37.6 Å². The van der Waals surface area contributed by atoms with E-state index in [9.17, 15) is 9.18 Å². The minimum absolute atomic E-state index is 0.207. The van der Waals surface area contributed by atoms with Crippen molar-refractivity contribution in [2.45, 2.75) is 12.8 Å². The number of pyridine rings is 1. The van der Waals surface area contributed by atoms with Gasteiger partial charge in [0.2, 0.25) is 0 Å². The number of carbonyl (C=O) groups is 1. The zero-order valence-corrected chi connectivity index (χ0v) is 16.3. The van der Waals surface area contributed by atoms with E-state index in [0.29, 0.717) is 30.8 Å². The molecule has 6 heteroatoms. The number of hydrogen-bond donors (Lipinski definition) is 2. The second-order valence-electron chi connectivity index (χ2n) is 6.55. The number of methoxy groups -OCH3 is 1. The zero-order chi connectivity index (χ0) is 20.5. The van der Waals surface area contributed by atoms with Gasteiger partial charge in [-0.05, 0) is 54.3 Å². The van der Waals surface area contributed by atoms with Gasteiger partial charge in [0, 0.05) is 25.0 Å². The summed E-state index contributed by atoms with van der Waals surface area (Å²) in [5.74, 6) is 0.374. The molecule has 0 aliphatic heterocycles. The van der Waals surface area contributed by atoms with Crippen LogP contribution in [0, 0.1) is 5.82 Å². The topological polar surface area (TPSA) is 63.2 Å². The molecule has 0 aliphatic rings. The fourth-order valence-corrected chi connectivity index (χ4v) is 2.91.